The topological polar surface area (TPSA) is 56.7 Å². The van der Waals surface area contributed by atoms with Crippen molar-refractivity contribution in [1.29, 1.82) is 0 Å². The highest BCUT2D eigenvalue weighted by Gasteiger charge is 2.20. The number of hydrogen-bond acceptors (Lipinski definition) is 4. The number of hydrogen-bond donors (Lipinski definition) is 0. The fourth-order valence-electron chi connectivity index (χ4n) is 8.08. The van der Waals surface area contributed by atoms with E-state index in [0.717, 1.165) is 61.0 Å². The minimum Gasteiger partial charge on any atom is -0.456 e. The van der Waals surface area contributed by atoms with Crippen LogP contribution in [0.2, 0.25) is 0 Å². The van der Waals surface area contributed by atoms with Crippen LogP contribution in [0.4, 0.5) is 0 Å². The summed E-state index contributed by atoms with van der Waals surface area (Å²) in [6.45, 7) is 0. The molecule has 262 valence electrons. The van der Waals surface area contributed by atoms with Gasteiger partial charge >= 0.3 is 0 Å². The van der Waals surface area contributed by atoms with Crippen LogP contribution in [0, 0.1) is 0 Å². The normalized spacial score (nSPS) is 11.6. The summed E-state index contributed by atoms with van der Waals surface area (Å²) >= 11 is 0. The van der Waals surface area contributed by atoms with Crippen molar-refractivity contribution in [1.82, 2.24) is 19.5 Å². The van der Waals surface area contributed by atoms with Gasteiger partial charge in [-0.1, -0.05) is 152 Å². The van der Waals surface area contributed by atoms with Crippen molar-refractivity contribution < 1.29 is 4.42 Å². The zero-order chi connectivity index (χ0) is 37.0. The Morgan fingerprint density at radius 3 is 1.70 bits per heavy atom. The molecule has 3 heterocycles. The van der Waals surface area contributed by atoms with E-state index in [-0.39, 0.29) is 0 Å². The van der Waals surface area contributed by atoms with E-state index in [9.17, 15) is 0 Å². The molecule has 0 saturated heterocycles. The minimum atomic E-state index is 0.598. The number of benzene rings is 8. The van der Waals surface area contributed by atoms with Gasteiger partial charge in [0.15, 0.2) is 17.5 Å². The third-order valence-corrected chi connectivity index (χ3v) is 10.7. The van der Waals surface area contributed by atoms with E-state index in [1.807, 2.05) is 72.8 Å². The summed E-state index contributed by atoms with van der Waals surface area (Å²) in [7, 11) is 0. The maximum absolute atomic E-state index is 6.49. The highest BCUT2D eigenvalue weighted by molar-refractivity contribution is 6.15. The fraction of sp³-hybridized carbons (Fsp3) is 0. The molecule has 5 heteroatoms. The van der Waals surface area contributed by atoms with Crippen molar-refractivity contribution in [2.45, 2.75) is 0 Å². The Hall–Kier alpha value is -7.63. The second-order valence-corrected chi connectivity index (χ2v) is 14.0. The van der Waals surface area contributed by atoms with Crippen LogP contribution < -0.4 is 0 Å². The van der Waals surface area contributed by atoms with Gasteiger partial charge < -0.3 is 8.98 Å². The molecular formula is C51H32N4O. The lowest BCUT2D eigenvalue weighted by atomic mass is 9.96. The number of para-hydroxylation sites is 3. The summed E-state index contributed by atoms with van der Waals surface area (Å²) in [5.74, 6) is 1.84. The van der Waals surface area contributed by atoms with Crippen molar-refractivity contribution in [3.8, 4) is 62.1 Å². The zero-order valence-corrected chi connectivity index (χ0v) is 30.2. The van der Waals surface area contributed by atoms with Gasteiger partial charge in [0.2, 0.25) is 0 Å². The Labute approximate surface area is 322 Å². The molecule has 0 bridgehead atoms. The summed E-state index contributed by atoms with van der Waals surface area (Å²) in [6, 6.07) is 67.5. The van der Waals surface area contributed by atoms with Crippen LogP contribution in [0.15, 0.2) is 199 Å². The Morgan fingerprint density at radius 2 is 0.929 bits per heavy atom. The Morgan fingerprint density at radius 1 is 0.357 bits per heavy atom. The Kier molecular flexibility index (Phi) is 7.42. The van der Waals surface area contributed by atoms with Crippen LogP contribution in [0.1, 0.15) is 0 Å². The van der Waals surface area contributed by atoms with Crippen LogP contribution in [-0.4, -0.2) is 19.5 Å². The molecule has 0 aliphatic rings. The number of furan rings is 1. The third kappa shape index (κ3) is 5.29. The van der Waals surface area contributed by atoms with E-state index in [2.05, 4.69) is 126 Å². The van der Waals surface area contributed by atoms with E-state index in [1.54, 1.807) is 0 Å². The van der Waals surface area contributed by atoms with Crippen molar-refractivity contribution >= 4 is 43.7 Å². The summed E-state index contributed by atoms with van der Waals surface area (Å²) in [6.07, 6.45) is 0. The molecule has 5 nitrogen and oxygen atoms in total. The summed E-state index contributed by atoms with van der Waals surface area (Å²) in [5.41, 5.74) is 12.4. The van der Waals surface area contributed by atoms with E-state index in [1.165, 1.54) is 27.4 Å². The van der Waals surface area contributed by atoms with E-state index >= 15 is 0 Å². The van der Waals surface area contributed by atoms with E-state index in [0.29, 0.717) is 17.5 Å². The molecular weight excluding hydrogens is 685 g/mol. The van der Waals surface area contributed by atoms with Crippen LogP contribution in [-0.2, 0) is 0 Å². The van der Waals surface area contributed by atoms with Gasteiger partial charge in [-0.2, -0.15) is 0 Å². The number of fused-ring (bicyclic) bond motifs is 6. The smallest absolute Gasteiger partial charge is 0.164 e. The number of rotatable bonds is 6. The average molecular weight is 717 g/mol. The summed E-state index contributed by atoms with van der Waals surface area (Å²) in [4.78, 5) is 15.1. The monoisotopic (exact) mass is 716 g/mol. The van der Waals surface area contributed by atoms with Gasteiger partial charge in [0, 0.05) is 49.5 Å². The second-order valence-electron chi connectivity index (χ2n) is 14.0. The molecule has 0 aliphatic carbocycles. The van der Waals surface area contributed by atoms with Gasteiger partial charge in [0.25, 0.3) is 0 Å². The predicted octanol–water partition coefficient (Wildman–Crippen LogP) is 13.2. The minimum absolute atomic E-state index is 0.598. The molecule has 0 spiro atoms. The van der Waals surface area contributed by atoms with Gasteiger partial charge in [0.05, 0.1) is 11.0 Å². The molecule has 11 aromatic rings. The second kappa shape index (κ2) is 13.0. The Balaban J connectivity index is 1.08. The standard InChI is InChI=1S/C51H32N4O/c1-4-15-33(16-5-1)49-52-50(34-17-6-2-7-18-34)54-51(53-49)42-26-14-28-46-47(42)43-32-36(29-30-45(43)56-46)35-19-12-20-37(31-35)39-24-13-25-41-40-23-10-11-27-44(40)55(48(39)41)38-21-8-3-9-22-38/h1-32H. The first kappa shape index (κ1) is 31.9. The highest BCUT2D eigenvalue weighted by atomic mass is 16.3. The average Bonchev–Trinajstić information content (AvgIpc) is 3.83. The first-order valence-electron chi connectivity index (χ1n) is 18.8. The molecule has 0 amide bonds. The molecule has 3 aromatic heterocycles. The van der Waals surface area contributed by atoms with Gasteiger partial charge in [-0.3, -0.25) is 0 Å². The van der Waals surface area contributed by atoms with Crippen molar-refractivity contribution in [3.05, 3.63) is 194 Å². The predicted molar refractivity (Wildman–Crippen MR) is 229 cm³/mol. The van der Waals surface area contributed by atoms with Gasteiger partial charge in [-0.05, 0) is 59.2 Å². The zero-order valence-electron chi connectivity index (χ0n) is 30.2. The van der Waals surface area contributed by atoms with Gasteiger partial charge in [-0.25, -0.2) is 15.0 Å². The molecule has 56 heavy (non-hydrogen) atoms. The number of aromatic nitrogens is 4. The van der Waals surface area contributed by atoms with Crippen LogP contribution in [0.25, 0.3) is 106 Å². The largest absolute Gasteiger partial charge is 0.456 e. The molecule has 0 N–H and O–H groups in total. The van der Waals surface area contributed by atoms with Crippen molar-refractivity contribution in [2.24, 2.45) is 0 Å². The molecule has 8 aromatic carbocycles. The number of nitrogens with zero attached hydrogens (tertiary/aromatic N) is 4. The van der Waals surface area contributed by atoms with Crippen LogP contribution in [0.5, 0.6) is 0 Å². The lowest BCUT2D eigenvalue weighted by Crippen LogP contribution is -2.00. The first-order chi connectivity index (χ1) is 27.8. The molecule has 0 unspecified atom stereocenters. The van der Waals surface area contributed by atoms with E-state index in [4.69, 9.17) is 19.4 Å². The molecule has 0 fully saturated rings. The first-order valence-corrected chi connectivity index (χ1v) is 18.8. The van der Waals surface area contributed by atoms with Gasteiger partial charge in [-0.15, -0.1) is 0 Å². The highest BCUT2D eigenvalue weighted by Crippen LogP contribution is 2.41. The van der Waals surface area contributed by atoms with Crippen molar-refractivity contribution in [2.75, 3.05) is 0 Å². The molecule has 0 saturated carbocycles. The van der Waals surface area contributed by atoms with Crippen molar-refractivity contribution in [3.63, 3.8) is 0 Å². The Bertz CT molecular complexity index is 3180. The lowest BCUT2D eigenvalue weighted by Gasteiger charge is -2.13. The van der Waals surface area contributed by atoms with E-state index < -0.39 is 0 Å². The molecule has 0 radical (unpaired) electrons. The molecule has 0 aliphatic heterocycles. The SMILES string of the molecule is c1ccc(-c2nc(-c3ccccc3)nc(-c3cccc4oc5ccc(-c6cccc(-c7cccc8c9ccccc9n(-c9ccccc9)c78)c6)cc5c34)n2)cc1. The molecule has 11 rings (SSSR count). The lowest BCUT2D eigenvalue weighted by molar-refractivity contribution is 0.669. The van der Waals surface area contributed by atoms with Crippen LogP contribution in [0.3, 0.4) is 0 Å². The quantitative estimate of drug-likeness (QED) is 0.172. The third-order valence-electron chi connectivity index (χ3n) is 10.7. The maximum atomic E-state index is 6.49. The maximum Gasteiger partial charge on any atom is 0.164 e. The van der Waals surface area contributed by atoms with Crippen LogP contribution >= 0.6 is 0 Å². The molecule has 0 atom stereocenters. The summed E-state index contributed by atoms with van der Waals surface area (Å²) < 4.78 is 8.88. The summed E-state index contributed by atoms with van der Waals surface area (Å²) in [5, 5.41) is 4.45. The van der Waals surface area contributed by atoms with Gasteiger partial charge in [0.1, 0.15) is 11.2 Å². The fourth-order valence-corrected chi connectivity index (χ4v) is 8.08.